The molecule has 1 saturated carbocycles. The first-order valence-corrected chi connectivity index (χ1v) is 7.94. The number of H-pyrrole nitrogens is 1. The van der Waals surface area contributed by atoms with Crippen molar-refractivity contribution in [1.82, 2.24) is 14.5 Å². The third-order valence-electron chi connectivity index (χ3n) is 4.04. The second-order valence-corrected chi connectivity index (χ2v) is 7.54. The van der Waals surface area contributed by atoms with Gasteiger partial charge in [-0.25, -0.2) is 8.42 Å². The molecule has 2 fully saturated rings. The van der Waals surface area contributed by atoms with Crippen LogP contribution in [0.2, 0.25) is 0 Å². The maximum Gasteiger partial charge on any atom is 0.262 e. The average Bonchev–Trinajstić information content (AvgIpc) is 2.94. The number of methoxy groups -OCH3 is 1. The second-order valence-electron chi connectivity index (χ2n) is 5.65. The molecule has 0 aromatic carbocycles. The fraction of sp³-hybridized carbons (Fsp3) is 0.667. The van der Waals surface area contributed by atoms with E-state index in [-0.39, 0.29) is 16.2 Å². The van der Waals surface area contributed by atoms with Crippen LogP contribution in [0.15, 0.2) is 11.1 Å². The maximum absolute atomic E-state index is 12.4. The van der Waals surface area contributed by atoms with Crippen molar-refractivity contribution in [3.8, 4) is 0 Å². The van der Waals surface area contributed by atoms with Crippen LogP contribution in [0.3, 0.4) is 0 Å². The Hall–Kier alpha value is -1.25. The van der Waals surface area contributed by atoms with E-state index < -0.39 is 10.0 Å². The highest BCUT2D eigenvalue weighted by Crippen LogP contribution is 2.45. The largest absolute Gasteiger partial charge is 0.378 e. The minimum atomic E-state index is -3.56. The Kier molecular flexibility index (Phi) is 3.19. The van der Waals surface area contributed by atoms with Crippen LogP contribution in [0.4, 0.5) is 0 Å². The molecule has 2 heterocycles. The SMILES string of the molecule is COCc1cc(S(=O)(=O)N2CC3(CCC(=O)C3)C2)n[nH]1. The summed E-state index contributed by atoms with van der Waals surface area (Å²) in [5, 5.41) is 6.50. The molecule has 1 spiro atoms. The molecule has 0 bridgehead atoms. The summed E-state index contributed by atoms with van der Waals surface area (Å²) >= 11 is 0. The van der Waals surface area contributed by atoms with E-state index in [1.807, 2.05) is 0 Å². The summed E-state index contributed by atoms with van der Waals surface area (Å²) in [4.78, 5) is 11.4. The maximum atomic E-state index is 12.4. The normalized spacial score (nSPS) is 22.4. The van der Waals surface area contributed by atoms with Crippen LogP contribution in [-0.2, 0) is 26.2 Å². The lowest BCUT2D eigenvalue weighted by Crippen LogP contribution is -2.57. The molecule has 0 amide bonds. The number of Topliss-reactive ketones (excluding diaryl/α,β-unsaturated/α-hetero) is 1. The van der Waals surface area contributed by atoms with Crippen LogP contribution >= 0.6 is 0 Å². The molecule has 3 rings (SSSR count). The average molecular weight is 299 g/mol. The van der Waals surface area contributed by atoms with Crippen LogP contribution in [0.1, 0.15) is 25.0 Å². The van der Waals surface area contributed by atoms with Crippen LogP contribution in [0, 0.1) is 5.41 Å². The molecule has 1 aliphatic heterocycles. The number of nitrogens with zero attached hydrogens (tertiary/aromatic N) is 2. The molecular formula is C12H17N3O4S. The number of rotatable bonds is 4. The number of hydrogen-bond acceptors (Lipinski definition) is 5. The molecule has 1 aromatic heterocycles. The molecular weight excluding hydrogens is 282 g/mol. The zero-order chi connectivity index (χ0) is 14.4. The summed E-state index contributed by atoms with van der Waals surface area (Å²) in [6.45, 7) is 1.14. The van der Waals surface area contributed by atoms with Crippen molar-refractivity contribution in [1.29, 1.82) is 0 Å². The first kappa shape index (κ1) is 13.7. The Morgan fingerprint density at radius 2 is 2.25 bits per heavy atom. The van der Waals surface area contributed by atoms with Crippen molar-refractivity contribution in [3.05, 3.63) is 11.8 Å². The Morgan fingerprint density at radius 1 is 1.50 bits per heavy atom. The molecule has 20 heavy (non-hydrogen) atoms. The standard InChI is InChI=1S/C12H17N3O4S/c1-19-6-9-4-11(14-13-9)20(17,18)15-7-12(8-15)3-2-10(16)5-12/h4H,2-3,5-8H2,1H3,(H,13,14). The summed E-state index contributed by atoms with van der Waals surface area (Å²) in [6, 6.07) is 1.49. The fourth-order valence-corrected chi connectivity index (χ4v) is 4.58. The van der Waals surface area contributed by atoms with Crippen molar-refractivity contribution in [2.75, 3.05) is 20.2 Å². The predicted octanol–water partition coefficient (Wildman–Crippen LogP) is 0.300. The van der Waals surface area contributed by atoms with Crippen molar-refractivity contribution in [3.63, 3.8) is 0 Å². The van der Waals surface area contributed by atoms with Gasteiger partial charge in [0.05, 0.1) is 12.3 Å². The Morgan fingerprint density at radius 3 is 2.85 bits per heavy atom. The number of carbonyl (C=O) groups excluding carboxylic acids is 1. The quantitative estimate of drug-likeness (QED) is 0.863. The lowest BCUT2D eigenvalue weighted by atomic mass is 9.80. The number of ether oxygens (including phenoxy) is 1. The monoisotopic (exact) mass is 299 g/mol. The van der Waals surface area contributed by atoms with Crippen LogP contribution in [-0.4, -0.2) is 48.9 Å². The van der Waals surface area contributed by atoms with Crippen molar-refractivity contribution >= 4 is 15.8 Å². The molecule has 0 unspecified atom stereocenters. The highest BCUT2D eigenvalue weighted by Gasteiger charge is 2.52. The minimum Gasteiger partial charge on any atom is -0.378 e. The molecule has 0 radical (unpaired) electrons. The third kappa shape index (κ3) is 2.17. The van der Waals surface area contributed by atoms with Gasteiger partial charge in [-0.2, -0.15) is 9.40 Å². The number of hydrogen-bond donors (Lipinski definition) is 1. The van der Waals surface area contributed by atoms with Gasteiger partial charge in [0.25, 0.3) is 10.0 Å². The molecule has 2 aliphatic rings. The van der Waals surface area contributed by atoms with Gasteiger partial charge in [0.2, 0.25) is 0 Å². The molecule has 110 valence electrons. The van der Waals surface area contributed by atoms with Gasteiger partial charge in [0, 0.05) is 44.5 Å². The molecule has 7 nitrogen and oxygen atoms in total. The molecule has 8 heteroatoms. The third-order valence-corrected chi connectivity index (χ3v) is 5.72. The van der Waals surface area contributed by atoms with Gasteiger partial charge >= 0.3 is 0 Å². The number of sulfonamides is 1. The highest BCUT2D eigenvalue weighted by molar-refractivity contribution is 7.89. The lowest BCUT2D eigenvalue weighted by Gasteiger charge is -2.46. The van der Waals surface area contributed by atoms with Gasteiger partial charge in [-0.05, 0) is 6.42 Å². The van der Waals surface area contributed by atoms with Gasteiger partial charge < -0.3 is 4.74 Å². The van der Waals surface area contributed by atoms with Gasteiger partial charge in [-0.15, -0.1) is 0 Å². The number of ketones is 1. The fourth-order valence-electron chi connectivity index (χ4n) is 2.98. The number of aromatic nitrogens is 2. The van der Waals surface area contributed by atoms with E-state index in [9.17, 15) is 13.2 Å². The second kappa shape index (κ2) is 4.64. The number of carbonyl (C=O) groups is 1. The zero-order valence-corrected chi connectivity index (χ0v) is 12.1. The van der Waals surface area contributed by atoms with Crippen LogP contribution in [0.25, 0.3) is 0 Å². The number of aromatic amines is 1. The summed E-state index contributed by atoms with van der Waals surface area (Å²) in [7, 11) is -2.02. The molecule has 1 N–H and O–H groups in total. The zero-order valence-electron chi connectivity index (χ0n) is 11.3. The number of nitrogens with one attached hydrogen (secondary N) is 1. The van der Waals surface area contributed by atoms with E-state index >= 15 is 0 Å². The van der Waals surface area contributed by atoms with E-state index in [0.29, 0.717) is 38.2 Å². The highest BCUT2D eigenvalue weighted by atomic mass is 32.2. The first-order valence-electron chi connectivity index (χ1n) is 6.50. The van der Waals surface area contributed by atoms with Crippen LogP contribution < -0.4 is 0 Å². The van der Waals surface area contributed by atoms with E-state index in [1.54, 1.807) is 0 Å². The van der Waals surface area contributed by atoms with Gasteiger partial charge in [-0.1, -0.05) is 0 Å². The van der Waals surface area contributed by atoms with Crippen molar-refractivity contribution in [2.24, 2.45) is 5.41 Å². The topological polar surface area (TPSA) is 92.4 Å². The van der Waals surface area contributed by atoms with Gasteiger partial charge in [-0.3, -0.25) is 9.89 Å². The lowest BCUT2D eigenvalue weighted by molar-refractivity contribution is -0.118. The smallest absolute Gasteiger partial charge is 0.262 e. The summed E-state index contributed by atoms with van der Waals surface area (Å²) in [6.07, 6.45) is 1.89. The Labute approximate surface area is 117 Å². The van der Waals surface area contributed by atoms with Crippen LogP contribution in [0.5, 0.6) is 0 Å². The van der Waals surface area contributed by atoms with Gasteiger partial charge in [0.1, 0.15) is 5.78 Å². The van der Waals surface area contributed by atoms with Crippen molar-refractivity contribution in [2.45, 2.75) is 30.9 Å². The van der Waals surface area contributed by atoms with Crippen molar-refractivity contribution < 1.29 is 17.9 Å². The molecule has 1 aromatic rings. The summed E-state index contributed by atoms with van der Waals surface area (Å²) in [5.74, 6) is 0.240. The van der Waals surface area contributed by atoms with E-state index in [1.165, 1.54) is 17.5 Å². The summed E-state index contributed by atoms with van der Waals surface area (Å²) in [5.41, 5.74) is 0.507. The molecule has 1 aliphatic carbocycles. The van der Waals surface area contributed by atoms with Gasteiger partial charge in [0.15, 0.2) is 5.03 Å². The predicted molar refractivity (Wildman–Crippen MR) is 69.4 cm³/mol. The van der Waals surface area contributed by atoms with E-state index in [0.717, 1.165) is 6.42 Å². The summed E-state index contributed by atoms with van der Waals surface area (Å²) < 4.78 is 31.1. The minimum absolute atomic E-state index is 0.0173. The Balaban J connectivity index is 1.72. The molecule has 1 saturated heterocycles. The molecule has 0 atom stereocenters. The van der Waals surface area contributed by atoms with E-state index in [4.69, 9.17) is 4.74 Å². The Bertz CT molecular complexity index is 631. The van der Waals surface area contributed by atoms with E-state index in [2.05, 4.69) is 10.2 Å². The first-order chi connectivity index (χ1) is 9.45.